The lowest BCUT2D eigenvalue weighted by molar-refractivity contribution is 0.0916. The van der Waals surface area contributed by atoms with Crippen molar-refractivity contribution in [1.29, 1.82) is 0 Å². The highest BCUT2D eigenvalue weighted by Gasteiger charge is 2.26. The molecule has 3 aromatic heterocycles. The first-order valence-corrected chi connectivity index (χ1v) is 9.27. The first-order chi connectivity index (χ1) is 13.6. The van der Waals surface area contributed by atoms with Crippen LogP contribution in [0.1, 0.15) is 42.2 Å². The summed E-state index contributed by atoms with van der Waals surface area (Å²) >= 11 is 0. The normalized spacial score (nSPS) is 19.3. The molecule has 0 bridgehead atoms. The van der Waals surface area contributed by atoms with Crippen molar-refractivity contribution >= 4 is 5.91 Å². The van der Waals surface area contributed by atoms with E-state index in [9.17, 15) is 9.59 Å². The SMILES string of the molecule is Cn1cc(C(=O)NC2CCC(n3nc(-c4cccnc4)ccc3=O)CC2)nn1. The highest BCUT2D eigenvalue weighted by molar-refractivity contribution is 5.92. The van der Waals surface area contributed by atoms with E-state index >= 15 is 0 Å². The van der Waals surface area contributed by atoms with Gasteiger partial charge in [-0.25, -0.2) is 4.68 Å². The van der Waals surface area contributed by atoms with Crippen molar-refractivity contribution < 1.29 is 4.79 Å². The molecule has 1 aliphatic rings. The van der Waals surface area contributed by atoms with Crippen LogP contribution in [0.15, 0.2) is 47.7 Å². The van der Waals surface area contributed by atoms with Crippen LogP contribution in [0.2, 0.25) is 0 Å². The zero-order chi connectivity index (χ0) is 19.5. The minimum atomic E-state index is -0.217. The third-order valence-electron chi connectivity index (χ3n) is 5.00. The summed E-state index contributed by atoms with van der Waals surface area (Å²) in [5, 5.41) is 15.2. The number of amides is 1. The van der Waals surface area contributed by atoms with Crippen LogP contribution in [0.3, 0.4) is 0 Å². The lowest BCUT2D eigenvalue weighted by atomic mass is 9.91. The summed E-state index contributed by atoms with van der Waals surface area (Å²) in [5.41, 5.74) is 1.80. The van der Waals surface area contributed by atoms with E-state index < -0.39 is 0 Å². The number of aromatic nitrogens is 6. The molecule has 28 heavy (non-hydrogen) atoms. The molecule has 1 N–H and O–H groups in total. The third kappa shape index (κ3) is 3.83. The number of hydrogen-bond donors (Lipinski definition) is 1. The molecule has 144 valence electrons. The first kappa shape index (κ1) is 18.0. The van der Waals surface area contributed by atoms with Crippen molar-refractivity contribution in [2.24, 2.45) is 7.05 Å². The lowest BCUT2D eigenvalue weighted by Gasteiger charge is -2.29. The van der Waals surface area contributed by atoms with E-state index in [4.69, 9.17) is 0 Å². The number of pyridine rings is 1. The molecule has 0 unspecified atom stereocenters. The summed E-state index contributed by atoms with van der Waals surface area (Å²) in [6.07, 6.45) is 8.13. The van der Waals surface area contributed by atoms with Gasteiger partial charge in [-0.1, -0.05) is 5.21 Å². The second-order valence-corrected chi connectivity index (χ2v) is 7.00. The van der Waals surface area contributed by atoms with Crippen molar-refractivity contribution in [3.63, 3.8) is 0 Å². The predicted octanol–water partition coefficient (Wildman–Crippen LogP) is 1.35. The third-order valence-corrected chi connectivity index (χ3v) is 5.00. The fraction of sp³-hybridized carbons (Fsp3) is 0.368. The van der Waals surface area contributed by atoms with Gasteiger partial charge in [0.05, 0.1) is 17.9 Å². The fourth-order valence-corrected chi connectivity index (χ4v) is 3.53. The van der Waals surface area contributed by atoms with Gasteiger partial charge in [0.1, 0.15) is 0 Å². The number of nitrogens with zero attached hydrogens (tertiary/aromatic N) is 6. The highest BCUT2D eigenvalue weighted by atomic mass is 16.2. The van der Waals surface area contributed by atoms with E-state index in [1.165, 1.54) is 4.68 Å². The number of carbonyl (C=O) groups is 1. The fourth-order valence-electron chi connectivity index (χ4n) is 3.53. The van der Waals surface area contributed by atoms with Gasteiger partial charge in [0.25, 0.3) is 11.5 Å². The molecule has 0 aliphatic heterocycles. The van der Waals surface area contributed by atoms with Gasteiger partial charge in [0.2, 0.25) is 0 Å². The molecule has 0 aromatic carbocycles. The standard InChI is InChI=1S/C19H21N7O2/c1-25-12-17(22-24-25)19(28)21-14-4-6-15(7-5-14)26-18(27)9-8-16(23-26)13-3-2-10-20-11-13/h2-3,8-12,14-15H,4-7H2,1H3,(H,21,28). The van der Waals surface area contributed by atoms with Gasteiger partial charge < -0.3 is 5.32 Å². The molecular weight excluding hydrogens is 358 g/mol. The molecule has 4 rings (SSSR count). The van der Waals surface area contributed by atoms with E-state index in [1.807, 2.05) is 12.1 Å². The van der Waals surface area contributed by atoms with Gasteiger partial charge in [-0.05, 0) is 43.9 Å². The van der Waals surface area contributed by atoms with Gasteiger partial charge in [0, 0.05) is 37.1 Å². The van der Waals surface area contributed by atoms with Crippen molar-refractivity contribution in [3.8, 4) is 11.3 Å². The summed E-state index contributed by atoms with van der Waals surface area (Å²) in [7, 11) is 1.72. The van der Waals surface area contributed by atoms with Crippen LogP contribution < -0.4 is 10.9 Å². The van der Waals surface area contributed by atoms with Crippen LogP contribution in [0.4, 0.5) is 0 Å². The van der Waals surface area contributed by atoms with Gasteiger partial charge in [0.15, 0.2) is 5.69 Å². The maximum absolute atomic E-state index is 12.3. The summed E-state index contributed by atoms with van der Waals surface area (Å²) in [6, 6.07) is 7.12. The summed E-state index contributed by atoms with van der Waals surface area (Å²) in [6.45, 7) is 0. The Morgan fingerprint density at radius 3 is 2.68 bits per heavy atom. The highest BCUT2D eigenvalue weighted by Crippen LogP contribution is 2.27. The Balaban J connectivity index is 1.42. The zero-order valence-corrected chi connectivity index (χ0v) is 15.5. The number of nitrogens with one attached hydrogen (secondary N) is 1. The quantitative estimate of drug-likeness (QED) is 0.733. The molecule has 1 saturated carbocycles. The molecule has 9 heteroatoms. The van der Waals surface area contributed by atoms with Crippen molar-refractivity contribution in [2.75, 3.05) is 0 Å². The molecule has 1 fully saturated rings. The molecule has 3 aromatic rings. The Morgan fingerprint density at radius 1 is 1.18 bits per heavy atom. The van der Waals surface area contributed by atoms with E-state index in [0.29, 0.717) is 5.69 Å². The van der Waals surface area contributed by atoms with E-state index in [1.54, 1.807) is 42.5 Å². The maximum atomic E-state index is 12.3. The zero-order valence-electron chi connectivity index (χ0n) is 15.5. The molecule has 1 aliphatic carbocycles. The Hall–Kier alpha value is -3.36. The molecule has 0 atom stereocenters. The monoisotopic (exact) mass is 379 g/mol. The second-order valence-electron chi connectivity index (χ2n) is 7.00. The van der Waals surface area contributed by atoms with Crippen molar-refractivity contribution in [2.45, 2.75) is 37.8 Å². The molecule has 1 amide bonds. The number of aryl methyl sites for hydroxylation is 1. The van der Waals surface area contributed by atoms with Gasteiger partial charge >= 0.3 is 0 Å². The van der Waals surface area contributed by atoms with Gasteiger partial charge in [-0.3, -0.25) is 19.3 Å². The molecule has 3 heterocycles. The van der Waals surface area contributed by atoms with Crippen LogP contribution in [0.5, 0.6) is 0 Å². The van der Waals surface area contributed by atoms with Crippen LogP contribution in [0.25, 0.3) is 11.3 Å². The number of rotatable bonds is 4. The average Bonchev–Trinajstić information content (AvgIpc) is 3.16. The Labute approximate surface area is 161 Å². The second kappa shape index (κ2) is 7.71. The van der Waals surface area contributed by atoms with E-state index in [2.05, 4.69) is 25.7 Å². The van der Waals surface area contributed by atoms with Crippen molar-refractivity contribution in [3.05, 3.63) is 58.9 Å². The van der Waals surface area contributed by atoms with Crippen molar-refractivity contribution in [1.82, 2.24) is 35.1 Å². The van der Waals surface area contributed by atoms with E-state index in [-0.39, 0.29) is 23.6 Å². The predicted molar refractivity (Wildman–Crippen MR) is 101 cm³/mol. The largest absolute Gasteiger partial charge is 0.348 e. The topological polar surface area (TPSA) is 108 Å². The van der Waals surface area contributed by atoms with Gasteiger partial charge in [-0.15, -0.1) is 5.10 Å². The summed E-state index contributed by atoms with van der Waals surface area (Å²) < 4.78 is 3.07. The lowest BCUT2D eigenvalue weighted by Crippen LogP contribution is -2.39. The minimum Gasteiger partial charge on any atom is -0.348 e. The van der Waals surface area contributed by atoms with Gasteiger partial charge in [-0.2, -0.15) is 5.10 Å². The summed E-state index contributed by atoms with van der Waals surface area (Å²) in [4.78, 5) is 28.7. The molecule has 9 nitrogen and oxygen atoms in total. The molecule has 0 saturated heterocycles. The number of hydrogen-bond acceptors (Lipinski definition) is 6. The minimum absolute atomic E-state index is 0.0220. The summed E-state index contributed by atoms with van der Waals surface area (Å²) in [5.74, 6) is -0.217. The Kier molecular flexibility index (Phi) is 4.96. The molecule has 0 radical (unpaired) electrons. The first-order valence-electron chi connectivity index (χ1n) is 9.27. The Morgan fingerprint density at radius 2 is 2.00 bits per heavy atom. The Bertz CT molecular complexity index is 1020. The average molecular weight is 379 g/mol. The maximum Gasteiger partial charge on any atom is 0.273 e. The van der Waals surface area contributed by atoms with Crippen LogP contribution in [-0.2, 0) is 7.05 Å². The van der Waals surface area contributed by atoms with Crippen LogP contribution in [0, 0.1) is 0 Å². The van der Waals surface area contributed by atoms with E-state index in [0.717, 1.165) is 36.9 Å². The molecule has 0 spiro atoms. The smallest absolute Gasteiger partial charge is 0.273 e. The van der Waals surface area contributed by atoms with Crippen LogP contribution in [-0.4, -0.2) is 41.7 Å². The number of carbonyl (C=O) groups excluding carboxylic acids is 1. The van der Waals surface area contributed by atoms with Crippen LogP contribution >= 0.6 is 0 Å². The molecular formula is C19H21N7O2.